The number of carbonyl (C=O) groups excluding carboxylic acids is 5. The number of anilines is 2. The van der Waals surface area contributed by atoms with Crippen molar-refractivity contribution in [3.8, 4) is 0 Å². The van der Waals surface area contributed by atoms with E-state index in [1.165, 1.54) is 6.07 Å². The zero-order valence-electron chi connectivity index (χ0n) is 22.4. The molecule has 4 rings (SSSR count). The fraction of sp³-hybridized carbons (Fsp3) is 0.233. The van der Waals surface area contributed by atoms with E-state index in [0.29, 0.717) is 11.4 Å². The largest absolute Gasteiger partial charge is 0.444 e. The number of ether oxygens (including phenoxy) is 1. The first-order valence-corrected chi connectivity index (χ1v) is 12.7. The molecule has 0 aromatic heterocycles. The third-order valence-corrected chi connectivity index (χ3v) is 5.92. The van der Waals surface area contributed by atoms with E-state index in [9.17, 15) is 24.0 Å². The lowest BCUT2D eigenvalue weighted by molar-refractivity contribution is -0.120. The van der Waals surface area contributed by atoms with E-state index in [0.717, 1.165) is 10.5 Å². The minimum absolute atomic E-state index is 0.116. The number of fused-ring (bicyclic) bond motifs is 1. The van der Waals surface area contributed by atoms with Gasteiger partial charge in [-0.1, -0.05) is 48.5 Å². The molecule has 0 radical (unpaired) electrons. The van der Waals surface area contributed by atoms with Gasteiger partial charge in [0.25, 0.3) is 11.8 Å². The monoisotopic (exact) mass is 542 g/mol. The standard InChI is InChI=1S/C30H30N4O6/c1-30(2,3)40-29(39)31-18-25(35)32-20-12-9-13-21(17-20)33-26(36)24(16-19-10-5-4-6-11-19)34-27(37)22-14-7-8-15-23(22)28(34)38/h4-15,17,24H,16,18H2,1-3H3,(H,31,39)(H,32,35)(H,33,36). The molecular weight excluding hydrogens is 512 g/mol. The summed E-state index contributed by atoms with van der Waals surface area (Å²) in [6.07, 6.45) is -0.605. The van der Waals surface area contributed by atoms with Gasteiger partial charge in [-0.2, -0.15) is 0 Å². The van der Waals surface area contributed by atoms with Crippen LogP contribution in [0.1, 0.15) is 47.1 Å². The van der Waals surface area contributed by atoms with Gasteiger partial charge in [-0.25, -0.2) is 4.79 Å². The minimum Gasteiger partial charge on any atom is -0.444 e. The van der Waals surface area contributed by atoms with E-state index in [4.69, 9.17) is 4.74 Å². The van der Waals surface area contributed by atoms with Gasteiger partial charge in [-0.15, -0.1) is 0 Å². The van der Waals surface area contributed by atoms with Crippen molar-refractivity contribution in [2.75, 3.05) is 17.2 Å². The van der Waals surface area contributed by atoms with Gasteiger partial charge in [0.1, 0.15) is 18.2 Å². The van der Waals surface area contributed by atoms with Gasteiger partial charge in [0.05, 0.1) is 11.1 Å². The molecule has 1 aliphatic rings. The molecule has 0 aliphatic carbocycles. The molecular formula is C30H30N4O6. The van der Waals surface area contributed by atoms with Crippen molar-refractivity contribution >= 4 is 41.1 Å². The highest BCUT2D eigenvalue weighted by molar-refractivity contribution is 6.23. The molecule has 1 unspecified atom stereocenters. The Bertz CT molecular complexity index is 1410. The molecule has 0 saturated heterocycles. The van der Waals surface area contributed by atoms with E-state index in [-0.39, 0.29) is 24.1 Å². The highest BCUT2D eigenvalue weighted by Gasteiger charge is 2.42. The number of nitrogens with zero attached hydrogens (tertiary/aromatic N) is 1. The van der Waals surface area contributed by atoms with Gasteiger partial charge in [0.15, 0.2) is 0 Å². The van der Waals surface area contributed by atoms with Gasteiger partial charge in [-0.3, -0.25) is 24.1 Å². The summed E-state index contributed by atoms with van der Waals surface area (Å²) < 4.78 is 5.11. The second-order valence-corrected chi connectivity index (χ2v) is 10.2. The topological polar surface area (TPSA) is 134 Å². The number of alkyl carbamates (subject to hydrolysis) is 1. The molecule has 0 spiro atoms. The fourth-order valence-corrected chi connectivity index (χ4v) is 4.20. The molecule has 3 aromatic rings. The lowest BCUT2D eigenvalue weighted by atomic mass is 10.0. The summed E-state index contributed by atoms with van der Waals surface area (Å²) in [5.41, 5.74) is 1.30. The first-order valence-electron chi connectivity index (χ1n) is 12.7. The van der Waals surface area contributed by atoms with Crippen LogP contribution in [0.3, 0.4) is 0 Å². The molecule has 206 valence electrons. The maximum absolute atomic E-state index is 13.6. The molecule has 3 N–H and O–H groups in total. The number of rotatable bonds is 8. The van der Waals surface area contributed by atoms with Crippen molar-refractivity contribution in [2.45, 2.75) is 38.8 Å². The number of nitrogens with one attached hydrogen (secondary N) is 3. The highest BCUT2D eigenvalue weighted by atomic mass is 16.6. The summed E-state index contributed by atoms with van der Waals surface area (Å²) >= 11 is 0. The molecule has 10 nitrogen and oxygen atoms in total. The molecule has 0 bridgehead atoms. The van der Waals surface area contributed by atoms with Crippen molar-refractivity contribution in [2.24, 2.45) is 0 Å². The zero-order chi connectivity index (χ0) is 28.9. The Morgan fingerprint density at radius 1 is 0.800 bits per heavy atom. The van der Waals surface area contributed by atoms with Crippen LogP contribution in [0.15, 0.2) is 78.9 Å². The van der Waals surface area contributed by atoms with Crippen molar-refractivity contribution in [1.82, 2.24) is 10.2 Å². The molecule has 3 aromatic carbocycles. The van der Waals surface area contributed by atoms with Crippen LogP contribution >= 0.6 is 0 Å². The summed E-state index contributed by atoms with van der Waals surface area (Å²) in [5.74, 6) is -2.12. The van der Waals surface area contributed by atoms with E-state index in [1.807, 2.05) is 30.3 Å². The highest BCUT2D eigenvalue weighted by Crippen LogP contribution is 2.27. The predicted octanol–water partition coefficient (Wildman–Crippen LogP) is 4.00. The summed E-state index contributed by atoms with van der Waals surface area (Å²) in [7, 11) is 0. The average Bonchev–Trinajstić information content (AvgIpc) is 3.15. The fourth-order valence-electron chi connectivity index (χ4n) is 4.20. The van der Waals surface area contributed by atoms with Crippen LogP contribution in [-0.2, 0) is 20.7 Å². The number of hydrogen-bond donors (Lipinski definition) is 3. The third-order valence-electron chi connectivity index (χ3n) is 5.92. The molecule has 5 amide bonds. The van der Waals surface area contributed by atoms with Crippen molar-refractivity contribution in [1.29, 1.82) is 0 Å². The Labute approximate surface area is 231 Å². The maximum Gasteiger partial charge on any atom is 0.408 e. The van der Waals surface area contributed by atoms with E-state index < -0.39 is 41.4 Å². The van der Waals surface area contributed by atoms with Crippen LogP contribution in [0.2, 0.25) is 0 Å². The number of imide groups is 1. The van der Waals surface area contributed by atoms with E-state index in [2.05, 4.69) is 16.0 Å². The first-order chi connectivity index (χ1) is 19.0. The smallest absolute Gasteiger partial charge is 0.408 e. The quantitative estimate of drug-likeness (QED) is 0.369. The number of carbonyl (C=O) groups is 5. The van der Waals surface area contributed by atoms with Crippen LogP contribution in [0.5, 0.6) is 0 Å². The maximum atomic E-state index is 13.6. The van der Waals surface area contributed by atoms with Gasteiger partial charge in [-0.05, 0) is 56.7 Å². The summed E-state index contributed by atoms with van der Waals surface area (Å²) in [4.78, 5) is 65.1. The van der Waals surface area contributed by atoms with Crippen LogP contribution in [0.25, 0.3) is 0 Å². The van der Waals surface area contributed by atoms with Crippen LogP contribution in [-0.4, -0.2) is 52.8 Å². The Morgan fingerprint density at radius 3 is 1.98 bits per heavy atom. The minimum atomic E-state index is -1.12. The predicted molar refractivity (Wildman–Crippen MR) is 149 cm³/mol. The number of hydrogen-bond acceptors (Lipinski definition) is 6. The molecule has 1 atom stereocenters. The van der Waals surface area contributed by atoms with Gasteiger partial charge in [0, 0.05) is 17.8 Å². The lowest BCUT2D eigenvalue weighted by Crippen LogP contribution is -2.48. The summed E-state index contributed by atoms with van der Waals surface area (Å²) in [5, 5.41) is 7.79. The average molecular weight is 543 g/mol. The first kappa shape index (κ1) is 28.0. The van der Waals surface area contributed by atoms with E-state index in [1.54, 1.807) is 63.2 Å². The normalized spacial score (nSPS) is 13.3. The van der Waals surface area contributed by atoms with Crippen molar-refractivity contribution < 1.29 is 28.7 Å². The van der Waals surface area contributed by atoms with Crippen molar-refractivity contribution in [3.05, 3.63) is 95.6 Å². The molecule has 1 aliphatic heterocycles. The second kappa shape index (κ2) is 11.8. The molecule has 10 heteroatoms. The molecule has 0 saturated carbocycles. The molecule has 1 heterocycles. The lowest BCUT2D eigenvalue weighted by Gasteiger charge is -2.25. The second-order valence-electron chi connectivity index (χ2n) is 10.2. The van der Waals surface area contributed by atoms with Gasteiger partial charge >= 0.3 is 6.09 Å². The SMILES string of the molecule is CC(C)(C)OC(=O)NCC(=O)Nc1cccc(NC(=O)C(Cc2ccccc2)N2C(=O)c3ccccc3C2=O)c1. The summed E-state index contributed by atoms with van der Waals surface area (Å²) in [6.45, 7) is 4.83. The summed E-state index contributed by atoms with van der Waals surface area (Å²) in [6, 6.07) is 20.9. The Balaban J connectivity index is 1.47. The Hall–Kier alpha value is -4.99. The van der Waals surface area contributed by atoms with Crippen LogP contribution in [0.4, 0.5) is 16.2 Å². The number of benzene rings is 3. The van der Waals surface area contributed by atoms with Gasteiger partial charge in [0.2, 0.25) is 11.8 Å². The zero-order valence-corrected chi connectivity index (χ0v) is 22.4. The van der Waals surface area contributed by atoms with Gasteiger partial charge < -0.3 is 20.7 Å². The Kier molecular flexibility index (Phi) is 8.28. The number of amides is 5. The third kappa shape index (κ3) is 6.90. The Morgan fingerprint density at radius 2 is 1.38 bits per heavy atom. The van der Waals surface area contributed by atoms with Crippen LogP contribution < -0.4 is 16.0 Å². The van der Waals surface area contributed by atoms with Crippen LogP contribution in [0, 0.1) is 0 Å². The van der Waals surface area contributed by atoms with E-state index >= 15 is 0 Å². The van der Waals surface area contributed by atoms with Crippen molar-refractivity contribution in [3.63, 3.8) is 0 Å². The molecule has 0 fully saturated rings. The molecule has 40 heavy (non-hydrogen) atoms.